The van der Waals surface area contributed by atoms with Crippen molar-refractivity contribution in [1.82, 2.24) is 0 Å². The predicted molar refractivity (Wildman–Crippen MR) is 17.9 cm³/mol. The molecule has 0 rings (SSSR count). The third kappa shape index (κ3) is 265. The molecule has 10 heteroatoms. The van der Waals surface area contributed by atoms with Gasteiger partial charge in [-0.3, -0.25) is 7.32 Å². The van der Waals surface area contributed by atoms with E-state index in [0.29, 0.717) is 0 Å². The summed E-state index contributed by atoms with van der Waals surface area (Å²) < 4.78 is 8.52. The SMILES string of the molecule is O=[Si]([O-])[O-].[Gd+3].[Mg+2].[O-]B([O-])[O-]. The first kappa shape index (κ1) is 22.6. The molecule has 0 N–H and O–H groups in total. The summed E-state index contributed by atoms with van der Waals surface area (Å²) in [6.07, 6.45) is 0. The molecule has 0 amide bonds. The summed E-state index contributed by atoms with van der Waals surface area (Å²) in [7, 11) is -6.55. The van der Waals surface area contributed by atoms with Crippen LogP contribution in [-0.4, -0.2) is 39.5 Å². The number of hydrogen-bond acceptors (Lipinski definition) is 6. The van der Waals surface area contributed by atoms with Gasteiger partial charge in [0.25, 0.3) is 0 Å². The average Bonchev–Trinajstić information content (AvgIpc) is 1.25. The van der Waals surface area contributed by atoms with Gasteiger partial charge < -0.3 is 29.1 Å². The van der Waals surface area contributed by atoms with Gasteiger partial charge in [0, 0.05) is 9.17 Å². The van der Waals surface area contributed by atoms with Gasteiger partial charge in [-0.15, -0.1) is 0 Å². The zero-order valence-electron chi connectivity index (χ0n) is 4.59. The quantitative estimate of drug-likeness (QED) is 0.408. The van der Waals surface area contributed by atoms with E-state index in [1.807, 2.05) is 0 Å². The van der Waals surface area contributed by atoms with Gasteiger partial charge in [-0.05, 0) is 0 Å². The van der Waals surface area contributed by atoms with Gasteiger partial charge in [0.15, 0.2) is 0 Å². The molecule has 0 atom stereocenters. The van der Waals surface area contributed by atoms with E-state index in [1.165, 1.54) is 0 Å². The Balaban J connectivity index is -0.0000000300. The largest absolute Gasteiger partial charge is 3.00 e. The monoisotopic (exact) mass is 317 g/mol. The maximum atomic E-state index is 8.52. The fourth-order valence-electron chi connectivity index (χ4n) is 0. The van der Waals surface area contributed by atoms with E-state index in [1.54, 1.807) is 0 Å². The van der Waals surface area contributed by atoms with Crippen molar-refractivity contribution in [3.63, 3.8) is 0 Å². The molecule has 0 saturated carbocycles. The summed E-state index contributed by atoms with van der Waals surface area (Å²) >= 11 is 0. The van der Waals surface area contributed by atoms with E-state index in [-0.39, 0.29) is 63.0 Å². The Morgan fingerprint density at radius 3 is 1.10 bits per heavy atom. The van der Waals surface area contributed by atoms with Crippen molar-refractivity contribution in [3.8, 4) is 0 Å². The maximum Gasteiger partial charge on any atom is 3.00 e. The molecule has 0 aliphatic carbocycles. The minimum Gasteiger partial charge on any atom is -0.907 e. The molecule has 0 spiro atoms. The van der Waals surface area contributed by atoms with Crippen LogP contribution in [0.4, 0.5) is 0 Å². The van der Waals surface area contributed by atoms with Crippen LogP contribution in [-0.2, 0) is 4.46 Å². The van der Waals surface area contributed by atoms with E-state index in [0.717, 1.165) is 0 Å². The molecule has 10 heavy (non-hydrogen) atoms. The maximum absolute atomic E-state index is 8.52. The van der Waals surface area contributed by atoms with Crippen LogP contribution in [0.2, 0.25) is 0 Å². The molecule has 0 aromatic heterocycles. The second kappa shape index (κ2) is 16.9. The zero-order valence-corrected chi connectivity index (χ0v) is 9.27. The van der Waals surface area contributed by atoms with Crippen molar-refractivity contribution < 1.29 is 69.1 Å². The Morgan fingerprint density at radius 1 is 1.10 bits per heavy atom. The molecule has 6 nitrogen and oxygen atoms in total. The Morgan fingerprint density at radius 2 is 1.10 bits per heavy atom. The van der Waals surface area contributed by atoms with E-state index in [9.17, 15) is 0 Å². The van der Waals surface area contributed by atoms with Gasteiger partial charge in [-0.2, -0.15) is 0 Å². The summed E-state index contributed by atoms with van der Waals surface area (Å²) in [5, 5.41) is 25.2. The summed E-state index contributed by atoms with van der Waals surface area (Å²) in [6, 6.07) is 0. The molecule has 0 aromatic carbocycles. The molecule has 0 saturated heterocycles. The Kier molecular flexibility index (Phi) is 38.3. The van der Waals surface area contributed by atoms with E-state index >= 15 is 0 Å². The van der Waals surface area contributed by atoms with Crippen LogP contribution in [0.15, 0.2) is 0 Å². The standard InChI is InChI=1S/BO3.Gd.Mg.O3Si/c2-1(3)4;;;1-4(2)3/q-3;+3;+2;-2. The summed E-state index contributed by atoms with van der Waals surface area (Å²) in [6.45, 7) is 0. The first-order chi connectivity index (χ1) is 3.46. The molecule has 0 fully saturated rings. The number of hydrogen-bond donors (Lipinski definition) is 0. The molecule has 1 radical (unpaired) electrons. The zero-order chi connectivity index (χ0) is 7.15. The van der Waals surface area contributed by atoms with Crippen LogP contribution in [0.1, 0.15) is 0 Å². The van der Waals surface area contributed by atoms with Gasteiger partial charge in [-0.1, -0.05) is 0 Å². The van der Waals surface area contributed by atoms with Crippen molar-refractivity contribution in [1.29, 1.82) is 0 Å². The van der Waals surface area contributed by atoms with Gasteiger partial charge in [0.2, 0.25) is 0 Å². The van der Waals surface area contributed by atoms with Crippen LogP contribution < -0.4 is 24.7 Å². The van der Waals surface area contributed by atoms with Gasteiger partial charge >= 0.3 is 63.0 Å². The van der Waals surface area contributed by atoms with Gasteiger partial charge in [-0.25, -0.2) is 0 Å². The van der Waals surface area contributed by atoms with Crippen molar-refractivity contribution in [2.45, 2.75) is 0 Å². The van der Waals surface area contributed by atoms with E-state index in [4.69, 9.17) is 29.1 Å². The molecular weight excluding hydrogens is 316 g/mol. The van der Waals surface area contributed by atoms with E-state index < -0.39 is 16.5 Å². The molecular formula is BGdMgO6Si. The fraction of sp³-hybridized carbons (Fsp3) is 0. The van der Waals surface area contributed by atoms with Gasteiger partial charge in [0.05, 0.1) is 0 Å². The predicted octanol–water partition coefficient (Wildman–Crippen LogP) is -7.21. The van der Waals surface area contributed by atoms with Crippen LogP contribution in [0, 0.1) is 39.9 Å². The molecule has 0 unspecified atom stereocenters. The molecule has 0 aromatic rings. The van der Waals surface area contributed by atoms with Crippen molar-refractivity contribution in [3.05, 3.63) is 0 Å². The van der Waals surface area contributed by atoms with E-state index in [2.05, 4.69) is 0 Å². The Bertz CT molecular complexity index is 62.0. The first-order valence-electron chi connectivity index (χ1n) is 1.32. The Hall–Kier alpha value is 1.65. The third-order valence-electron chi connectivity index (χ3n) is 0. The number of rotatable bonds is 0. The summed E-state index contributed by atoms with van der Waals surface area (Å²) in [4.78, 5) is 17.0. The first-order valence-corrected chi connectivity index (χ1v) is 2.54. The second-order valence-electron chi connectivity index (χ2n) is 0.539. The fourth-order valence-corrected chi connectivity index (χ4v) is 0. The van der Waals surface area contributed by atoms with Crippen LogP contribution in [0.5, 0.6) is 0 Å². The Labute approximate surface area is 107 Å². The van der Waals surface area contributed by atoms with Crippen LogP contribution in [0.25, 0.3) is 0 Å². The van der Waals surface area contributed by atoms with Crippen molar-refractivity contribution in [2.24, 2.45) is 0 Å². The smallest absolute Gasteiger partial charge is 0.907 e. The molecule has 0 aliphatic heterocycles. The molecule has 0 aliphatic rings. The third-order valence-corrected chi connectivity index (χ3v) is 0. The second-order valence-corrected chi connectivity index (χ2v) is 1.04. The molecule has 0 heterocycles. The van der Waals surface area contributed by atoms with Crippen LogP contribution in [0.3, 0.4) is 0 Å². The van der Waals surface area contributed by atoms with Gasteiger partial charge in [0.1, 0.15) is 0 Å². The topological polar surface area (TPSA) is 132 Å². The molecule has 0 bridgehead atoms. The van der Waals surface area contributed by atoms with Crippen molar-refractivity contribution >= 4 is 39.5 Å². The van der Waals surface area contributed by atoms with Crippen molar-refractivity contribution in [2.75, 3.05) is 0 Å². The summed E-state index contributed by atoms with van der Waals surface area (Å²) in [5.41, 5.74) is 0. The minimum absolute atomic E-state index is 0. The normalized spacial score (nSPS) is 5.10. The van der Waals surface area contributed by atoms with Crippen LogP contribution >= 0.6 is 0 Å². The minimum atomic E-state index is -3.63. The average molecular weight is 316 g/mol. The molecule has 53 valence electrons. The summed E-state index contributed by atoms with van der Waals surface area (Å²) in [5.74, 6) is 0.